The summed E-state index contributed by atoms with van der Waals surface area (Å²) in [5, 5.41) is 11.9. The first-order chi connectivity index (χ1) is 10.2. The molecule has 108 valence electrons. The van der Waals surface area contributed by atoms with Crippen LogP contribution in [0.2, 0.25) is 5.02 Å². The van der Waals surface area contributed by atoms with Gasteiger partial charge in [-0.15, -0.1) is 0 Å². The highest BCUT2D eigenvalue weighted by Crippen LogP contribution is 2.29. The number of carbonyl (C=O) groups excluding carboxylic acids is 1. The number of halogens is 1. The number of hydrogen-bond donors (Lipinski definition) is 1. The molecule has 0 radical (unpaired) electrons. The van der Waals surface area contributed by atoms with Gasteiger partial charge in [-0.25, -0.2) is 0 Å². The molecule has 1 saturated carbocycles. The number of rotatable bonds is 2. The summed E-state index contributed by atoms with van der Waals surface area (Å²) in [7, 11) is 0. The number of amides is 1. The molecule has 0 bridgehead atoms. The van der Waals surface area contributed by atoms with E-state index < -0.39 is 0 Å². The molecular formula is C17H17ClN2O. The number of nitriles is 1. The molecule has 4 heteroatoms. The Balaban J connectivity index is 2.09. The number of benzene rings is 1. The molecule has 1 aromatic rings. The third-order valence-corrected chi connectivity index (χ3v) is 3.91. The molecular weight excluding hydrogens is 284 g/mol. The zero-order valence-corrected chi connectivity index (χ0v) is 12.5. The van der Waals surface area contributed by atoms with Gasteiger partial charge in [-0.1, -0.05) is 42.3 Å². The van der Waals surface area contributed by atoms with E-state index in [0.29, 0.717) is 5.02 Å². The van der Waals surface area contributed by atoms with Crippen molar-refractivity contribution in [2.45, 2.75) is 25.7 Å². The van der Waals surface area contributed by atoms with Crippen LogP contribution >= 0.6 is 11.6 Å². The van der Waals surface area contributed by atoms with E-state index in [1.54, 1.807) is 0 Å². The van der Waals surface area contributed by atoms with Crippen molar-refractivity contribution in [2.75, 3.05) is 6.54 Å². The molecule has 1 amide bonds. The van der Waals surface area contributed by atoms with Gasteiger partial charge in [-0.3, -0.25) is 4.79 Å². The lowest BCUT2D eigenvalue weighted by Crippen LogP contribution is -2.36. The summed E-state index contributed by atoms with van der Waals surface area (Å²) >= 11 is 5.94. The van der Waals surface area contributed by atoms with Crippen molar-refractivity contribution in [3.05, 3.63) is 34.9 Å². The Kier molecular flexibility index (Phi) is 5.67. The van der Waals surface area contributed by atoms with Crippen LogP contribution in [0.15, 0.2) is 24.3 Å². The molecule has 21 heavy (non-hydrogen) atoms. The molecule has 2 atom stereocenters. The van der Waals surface area contributed by atoms with Crippen LogP contribution in [0.25, 0.3) is 0 Å². The Morgan fingerprint density at radius 2 is 2.19 bits per heavy atom. The van der Waals surface area contributed by atoms with Crippen LogP contribution in [0.3, 0.4) is 0 Å². The number of nitrogens with zero attached hydrogens (tertiary/aromatic N) is 1. The van der Waals surface area contributed by atoms with Crippen molar-refractivity contribution in [1.82, 2.24) is 5.32 Å². The molecule has 1 fully saturated rings. The predicted molar refractivity (Wildman–Crippen MR) is 82.4 cm³/mol. The van der Waals surface area contributed by atoms with E-state index in [1.807, 2.05) is 30.3 Å². The molecule has 0 aromatic heterocycles. The topological polar surface area (TPSA) is 52.9 Å². The molecule has 2 unspecified atom stereocenters. The van der Waals surface area contributed by atoms with Crippen molar-refractivity contribution in [1.29, 1.82) is 5.26 Å². The number of nitrogens with one attached hydrogen (secondary N) is 1. The van der Waals surface area contributed by atoms with Crippen LogP contribution in [0.4, 0.5) is 0 Å². The van der Waals surface area contributed by atoms with Gasteiger partial charge in [-0.05, 0) is 31.0 Å². The Hall–Kier alpha value is -1.97. The van der Waals surface area contributed by atoms with Gasteiger partial charge in [0.15, 0.2) is 0 Å². The van der Waals surface area contributed by atoms with Crippen LogP contribution in [0.5, 0.6) is 0 Å². The van der Waals surface area contributed by atoms with Gasteiger partial charge in [0.1, 0.15) is 6.54 Å². The molecule has 1 aromatic carbocycles. The molecule has 0 heterocycles. The first kappa shape index (κ1) is 15.4. The molecule has 0 saturated heterocycles. The Bertz CT molecular complexity index is 609. The second-order valence-electron chi connectivity index (χ2n) is 5.15. The second-order valence-corrected chi connectivity index (χ2v) is 5.59. The van der Waals surface area contributed by atoms with Gasteiger partial charge >= 0.3 is 0 Å². The maximum Gasteiger partial charge on any atom is 0.225 e. The smallest absolute Gasteiger partial charge is 0.225 e. The van der Waals surface area contributed by atoms with Crippen LogP contribution in [-0.4, -0.2) is 12.5 Å². The van der Waals surface area contributed by atoms with Gasteiger partial charge < -0.3 is 5.32 Å². The lowest BCUT2D eigenvalue weighted by Gasteiger charge is -2.26. The molecule has 0 aliphatic heterocycles. The SMILES string of the molecule is N#CCNC(=O)C1CCCCC1C#Cc1cccc(Cl)c1. The standard InChI is InChI=1S/C17H17ClN2O/c18-15-6-3-4-13(12-15)8-9-14-5-1-2-7-16(14)17(21)20-11-10-19/h3-4,6,12,14,16H,1-2,5,7,11H2,(H,20,21). The Morgan fingerprint density at radius 3 is 2.95 bits per heavy atom. The molecule has 0 spiro atoms. The van der Waals surface area contributed by atoms with Crippen LogP contribution in [0.1, 0.15) is 31.2 Å². The fourth-order valence-electron chi connectivity index (χ4n) is 2.62. The summed E-state index contributed by atoms with van der Waals surface area (Å²) in [6.45, 7) is 0.0593. The zero-order chi connectivity index (χ0) is 15.1. The van der Waals surface area contributed by atoms with E-state index in [0.717, 1.165) is 31.2 Å². The van der Waals surface area contributed by atoms with Gasteiger partial charge in [0.25, 0.3) is 0 Å². The zero-order valence-electron chi connectivity index (χ0n) is 11.7. The monoisotopic (exact) mass is 300 g/mol. The molecule has 1 N–H and O–H groups in total. The average molecular weight is 301 g/mol. The number of hydrogen-bond acceptors (Lipinski definition) is 2. The minimum absolute atomic E-state index is 0.0522. The Labute approximate surface area is 130 Å². The second kappa shape index (κ2) is 7.72. The van der Waals surface area contributed by atoms with E-state index in [-0.39, 0.29) is 24.3 Å². The highest BCUT2D eigenvalue weighted by molar-refractivity contribution is 6.30. The minimum atomic E-state index is -0.112. The fraction of sp³-hybridized carbons (Fsp3) is 0.412. The molecule has 1 aliphatic rings. The van der Waals surface area contributed by atoms with Crippen LogP contribution < -0.4 is 5.32 Å². The van der Waals surface area contributed by atoms with E-state index in [2.05, 4.69) is 17.2 Å². The summed E-state index contributed by atoms with van der Waals surface area (Å²) in [6, 6.07) is 9.34. The van der Waals surface area contributed by atoms with Gasteiger partial charge in [-0.2, -0.15) is 5.26 Å². The highest BCUT2D eigenvalue weighted by Gasteiger charge is 2.29. The summed E-state index contributed by atoms with van der Waals surface area (Å²) in [5.41, 5.74) is 0.865. The van der Waals surface area contributed by atoms with Crippen LogP contribution in [-0.2, 0) is 4.79 Å². The van der Waals surface area contributed by atoms with E-state index in [4.69, 9.17) is 16.9 Å². The van der Waals surface area contributed by atoms with Crippen molar-refractivity contribution in [3.8, 4) is 17.9 Å². The number of carbonyl (C=O) groups is 1. The third-order valence-electron chi connectivity index (χ3n) is 3.67. The van der Waals surface area contributed by atoms with E-state index in [1.165, 1.54) is 0 Å². The average Bonchev–Trinajstić information content (AvgIpc) is 2.51. The first-order valence-corrected chi connectivity index (χ1v) is 7.50. The summed E-state index contributed by atoms with van der Waals surface area (Å²) in [5.74, 6) is 6.22. The third kappa shape index (κ3) is 4.52. The van der Waals surface area contributed by atoms with Crippen molar-refractivity contribution < 1.29 is 4.79 Å². The summed E-state index contributed by atoms with van der Waals surface area (Å²) in [4.78, 5) is 12.1. The summed E-state index contributed by atoms with van der Waals surface area (Å²) in [6.07, 6.45) is 3.90. The predicted octanol–water partition coefficient (Wildman–Crippen LogP) is 3.14. The summed E-state index contributed by atoms with van der Waals surface area (Å²) < 4.78 is 0. The van der Waals surface area contributed by atoms with Crippen molar-refractivity contribution >= 4 is 17.5 Å². The lowest BCUT2D eigenvalue weighted by atomic mass is 9.79. The van der Waals surface area contributed by atoms with Gasteiger partial charge in [0, 0.05) is 16.5 Å². The van der Waals surface area contributed by atoms with E-state index in [9.17, 15) is 4.79 Å². The van der Waals surface area contributed by atoms with Crippen molar-refractivity contribution in [2.24, 2.45) is 11.8 Å². The normalized spacial score (nSPS) is 20.8. The first-order valence-electron chi connectivity index (χ1n) is 7.12. The lowest BCUT2D eigenvalue weighted by molar-refractivity contribution is -0.126. The van der Waals surface area contributed by atoms with Gasteiger partial charge in [0.05, 0.1) is 12.0 Å². The van der Waals surface area contributed by atoms with Crippen molar-refractivity contribution in [3.63, 3.8) is 0 Å². The molecule has 1 aliphatic carbocycles. The largest absolute Gasteiger partial charge is 0.343 e. The minimum Gasteiger partial charge on any atom is -0.343 e. The molecule has 2 rings (SSSR count). The fourth-order valence-corrected chi connectivity index (χ4v) is 2.81. The molecule has 3 nitrogen and oxygen atoms in total. The van der Waals surface area contributed by atoms with E-state index >= 15 is 0 Å². The maximum absolute atomic E-state index is 12.1. The maximum atomic E-state index is 12.1. The quantitative estimate of drug-likeness (QED) is 0.674. The highest BCUT2D eigenvalue weighted by atomic mass is 35.5. The van der Waals surface area contributed by atoms with Gasteiger partial charge in [0.2, 0.25) is 5.91 Å². The Morgan fingerprint density at radius 1 is 1.38 bits per heavy atom. The van der Waals surface area contributed by atoms with Crippen LogP contribution in [0, 0.1) is 35.0 Å².